The molecule has 0 unspecified atom stereocenters. The second-order valence-electron chi connectivity index (χ2n) is 6.62. The molecule has 3 heterocycles. The minimum atomic E-state index is -0.101. The summed E-state index contributed by atoms with van der Waals surface area (Å²) in [6, 6.07) is 18.1. The number of rotatable bonds is 2. The van der Waals surface area contributed by atoms with Crippen LogP contribution in [0.15, 0.2) is 85.5 Å². The zero-order chi connectivity index (χ0) is 19.3. The first-order valence-electron chi connectivity index (χ1n) is 8.87. The largest absolute Gasteiger partial charge is 0.463 e. The summed E-state index contributed by atoms with van der Waals surface area (Å²) in [4.78, 5) is 9.78. The third kappa shape index (κ3) is 2.79. The standard InChI is InChI=1S/C22H15Br2N3O/c1-13-22-21(19-7-4-10-28-19)25-12-27(22)18-9-8-14(23)11-16(18)20(26-13)15-5-2-3-6-17(15)24/h2-13H,1H3/t13-/m1/s1. The molecule has 0 bridgehead atoms. The van der Waals surface area contributed by atoms with E-state index in [0.29, 0.717) is 0 Å². The highest BCUT2D eigenvalue weighted by molar-refractivity contribution is 9.10. The average molecular weight is 497 g/mol. The fraction of sp³-hybridized carbons (Fsp3) is 0.0909. The number of hydrogen-bond donors (Lipinski definition) is 0. The van der Waals surface area contributed by atoms with Crippen molar-refractivity contribution < 1.29 is 4.42 Å². The number of hydrogen-bond acceptors (Lipinski definition) is 3. The maximum Gasteiger partial charge on any atom is 0.154 e. The lowest BCUT2D eigenvalue weighted by Gasteiger charge is -2.13. The lowest BCUT2D eigenvalue weighted by molar-refractivity contribution is 0.578. The molecule has 6 heteroatoms. The molecule has 0 radical (unpaired) electrons. The summed E-state index contributed by atoms with van der Waals surface area (Å²) in [5.74, 6) is 0.749. The number of imidazole rings is 1. The zero-order valence-electron chi connectivity index (χ0n) is 14.9. The third-order valence-electron chi connectivity index (χ3n) is 4.88. The summed E-state index contributed by atoms with van der Waals surface area (Å²) in [5.41, 5.74) is 5.94. The summed E-state index contributed by atoms with van der Waals surface area (Å²) < 4.78 is 9.78. The number of fused-ring (bicyclic) bond motifs is 3. The highest BCUT2D eigenvalue weighted by atomic mass is 79.9. The van der Waals surface area contributed by atoms with Crippen LogP contribution in [-0.4, -0.2) is 15.3 Å². The van der Waals surface area contributed by atoms with E-state index in [1.165, 1.54) is 0 Å². The van der Waals surface area contributed by atoms with Crippen LogP contribution in [-0.2, 0) is 0 Å². The molecule has 5 rings (SSSR count). The summed E-state index contributed by atoms with van der Waals surface area (Å²) >= 11 is 7.31. The van der Waals surface area contributed by atoms with Crippen molar-refractivity contribution in [2.45, 2.75) is 13.0 Å². The van der Waals surface area contributed by atoms with E-state index in [0.717, 1.165) is 48.6 Å². The number of nitrogens with zero attached hydrogens (tertiary/aromatic N) is 3. The Morgan fingerprint density at radius 2 is 1.86 bits per heavy atom. The van der Waals surface area contributed by atoms with E-state index in [4.69, 9.17) is 9.41 Å². The highest BCUT2D eigenvalue weighted by Gasteiger charge is 2.28. The molecule has 2 aromatic carbocycles. The Morgan fingerprint density at radius 1 is 1.00 bits per heavy atom. The number of benzene rings is 2. The van der Waals surface area contributed by atoms with E-state index in [1.807, 2.05) is 42.7 Å². The molecule has 0 spiro atoms. The third-order valence-corrected chi connectivity index (χ3v) is 6.06. The molecule has 0 amide bonds. The first kappa shape index (κ1) is 17.6. The predicted octanol–water partition coefficient (Wildman–Crippen LogP) is 6.57. The Bertz CT molecular complexity index is 1210. The lowest BCUT2D eigenvalue weighted by Crippen LogP contribution is -2.07. The Morgan fingerprint density at radius 3 is 2.64 bits per heavy atom. The van der Waals surface area contributed by atoms with Gasteiger partial charge in [0.15, 0.2) is 5.76 Å². The number of furan rings is 1. The first-order valence-corrected chi connectivity index (χ1v) is 10.5. The highest BCUT2D eigenvalue weighted by Crippen LogP contribution is 2.37. The maximum absolute atomic E-state index is 5.63. The summed E-state index contributed by atoms with van der Waals surface area (Å²) in [7, 11) is 0. The molecule has 1 atom stereocenters. The molecule has 0 saturated heterocycles. The van der Waals surface area contributed by atoms with Crippen LogP contribution in [0.25, 0.3) is 17.1 Å². The normalized spacial score (nSPS) is 15.5. The second kappa shape index (κ2) is 6.87. The summed E-state index contributed by atoms with van der Waals surface area (Å²) in [5, 5.41) is 0. The number of halogens is 2. The minimum Gasteiger partial charge on any atom is -0.463 e. The number of aliphatic imine (C=N–C) groups is 1. The fourth-order valence-electron chi connectivity index (χ4n) is 3.65. The minimum absolute atomic E-state index is 0.101. The summed E-state index contributed by atoms with van der Waals surface area (Å²) in [6.07, 6.45) is 3.53. The van der Waals surface area contributed by atoms with Gasteiger partial charge in [0, 0.05) is 20.1 Å². The Hall–Kier alpha value is -2.44. The van der Waals surface area contributed by atoms with Gasteiger partial charge in [-0.3, -0.25) is 9.56 Å². The Balaban J connectivity index is 1.82. The molecule has 4 aromatic rings. The van der Waals surface area contributed by atoms with Gasteiger partial charge in [0.05, 0.1) is 29.4 Å². The van der Waals surface area contributed by atoms with Gasteiger partial charge in [-0.1, -0.05) is 50.1 Å². The van der Waals surface area contributed by atoms with Gasteiger partial charge in [-0.25, -0.2) is 4.98 Å². The molecule has 1 aliphatic heterocycles. The van der Waals surface area contributed by atoms with Crippen LogP contribution in [0.1, 0.15) is 29.8 Å². The second-order valence-corrected chi connectivity index (χ2v) is 8.39. The van der Waals surface area contributed by atoms with Crippen LogP contribution in [0.5, 0.6) is 0 Å². The van der Waals surface area contributed by atoms with E-state index in [9.17, 15) is 0 Å². The van der Waals surface area contributed by atoms with Gasteiger partial charge in [-0.2, -0.15) is 0 Å². The topological polar surface area (TPSA) is 43.3 Å². The van der Waals surface area contributed by atoms with Crippen LogP contribution in [0, 0.1) is 0 Å². The molecular weight excluding hydrogens is 482 g/mol. The van der Waals surface area contributed by atoms with E-state index in [-0.39, 0.29) is 6.04 Å². The van der Waals surface area contributed by atoms with Crippen LogP contribution >= 0.6 is 31.9 Å². The van der Waals surface area contributed by atoms with E-state index in [1.54, 1.807) is 6.26 Å². The first-order chi connectivity index (χ1) is 13.6. The average Bonchev–Trinajstić information content (AvgIpc) is 3.34. The van der Waals surface area contributed by atoms with Gasteiger partial charge in [-0.05, 0) is 43.3 Å². The quantitative estimate of drug-likeness (QED) is 0.315. The Labute approximate surface area is 179 Å². The van der Waals surface area contributed by atoms with Crippen LogP contribution < -0.4 is 0 Å². The molecular formula is C22H15Br2N3O. The van der Waals surface area contributed by atoms with Gasteiger partial charge in [0.25, 0.3) is 0 Å². The van der Waals surface area contributed by atoms with E-state index in [2.05, 4.69) is 66.5 Å². The Kier molecular flexibility index (Phi) is 4.33. The van der Waals surface area contributed by atoms with Crippen molar-refractivity contribution in [2.75, 3.05) is 0 Å². The molecule has 138 valence electrons. The molecule has 28 heavy (non-hydrogen) atoms. The molecule has 1 aliphatic rings. The van der Waals surface area contributed by atoms with Crippen LogP contribution in [0.4, 0.5) is 0 Å². The lowest BCUT2D eigenvalue weighted by atomic mass is 10.0. The van der Waals surface area contributed by atoms with E-state index >= 15 is 0 Å². The van der Waals surface area contributed by atoms with Gasteiger partial charge < -0.3 is 4.42 Å². The van der Waals surface area contributed by atoms with Crippen molar-refractivity contribution in [3.8, 4) is 17.1 Å². The van der Waals surface area contributed by atoms with Crippen molar-refractivity contribution in [2.24, 2.45) is 4.99 Å². The van der Waals surface area contributed by atoms with Crippen LogP contribution in [0.3, 0.4) is 0 Å². The molecule has 2 aromatic heterocycles. The number of aromatic nitrogens is 2. The van der Waals surface area contributed by atoms with Crippen molar-refractivity contribution in [1.29, 1.82) is 0 Å². The van der Waals surface area contributed by atoms with Crippen molar-refractivity contribution in [1.82, 2.24) is 9.55 Å². The zero-order valence-corrected chi connectivity index (χ0v) is 18.1. The van der Waals surface area contributed by atoms with Gasteiger partial charge in [0.2, 0.25) is 0 Å². The van der Waals surface area contributed by atoms with Crippen LogP contribution in [0.2, 0.25) is 0 Å². The molecule has 4 nitrogen and oxygen atoms in total. The summed E-state index contributed by atoms with van der Waals surface area (Å²) in [6.45, 7) is 2.09. The van der Waals surface area contributed by atoms with Crippen molar-refractivity contribution in [3.05, 3.63) is 93.0 Å². The monoisotopic (exact) mass is 495 g/mol. The van der Waals surface area contributed by atoms with Gasteiger partial charge in [-0.15, -0.1) is 0 Å². The van der Waals surface area contributed by atoms with Gasteiger partial charge >= 0.3 is 0 Å². The fourth-order valence-corrected chi connectivity index (χ4v) is 4.49. The van der Waals surface area contributed by atoms with E-state index < -0.39 is 0 Å². The predicted molar refractivity (Wildman–Crippen MR) is 117 cm³/mol. The van der Waals surface area contributed by atoms with Crippen molar-refractivity contribution >= 4 is 37.6 Å². The van der Waals surface area contributed by atoms with Gasteiger partial charge in [0.1, 0.15) is 12.0 Å². The smallest absolute Gasteiger partial charge is 0.154 e. The molecule has 0 saturated carbocycles. The SMILES string of the molecule is C[C@H]1N=C(c2ccccc2Br)c2cc(Br)ccc2-n2cnc(-c3ccco3)c21. The van der Waals surface area contributed by atoms with Crippen molar-refractivity contribution in [3.63, 3.8) is 0 Å². The maximum atomic E-state index is 5.63. The molecule has 0 aliphatic carbocycles. The molecule has 0 N–H and O–H groups in total. The molecule has 0 fully saturated rings.